The molecule has 8 heteroatoms. The fourth-order valence-corrected chi connectivity index (χ4v) is 3.32. The number of carbonyl (C=O) groups is 1. The van der Waals surface area contributed by atoms with Crippen LogP contribution in [0.2, 0.25) is 10.0 Å². The lowest BCUT2D eigenvalue weighted by molar-refractivity contribution is -0.125. The number of thiophene rings is 1. The Morgan fingerprint density at radius 3 is 2.96 bits per heavy atom. The molecule has 0 spiro atoms. The van der Waals surface area contributed by atoms with E-state index in [-0.39, 0.29) is 18.0 Å². The summed E-state index contributed by atoms with van der Waals surface area (Å²) >= 11 is 13.3. The minimum absolute atomic E-state index is 0.188. The van der Waals surface area contributed by atoms with E-state index < -0.39 is 0 Å². The number of carbonyl (C=O) groups excluding carboxylic acids is 1. The number of benzene rings is 1. The van der Waals surface area contributed by atoms with Crippen molar-refractivity contribution in [2.24, 2.45) is 0 Å². The number of hydrogen-bond acceptors (Lipinski definition) is 4. The summed E-state index contributed by atoms with van der Waals surface area (Å²) in [4.78, 5) is 32.7. The first-order chi connectivity index (χ1) is 11.9. The molecule has 0 aliphatic carbocycles. The lowest BCUT2D eigenvalue weighted by atomic mass is 10.2. The van der Waals surface area contributed by atoms with E-state index in [4.69, 9.17) is 23.2 Å². The van der Waals surface area contributed by atoms with Crippen molar-refractivity contribution in [2.45, 2.75) is 6.54 Å². The third-order valence-corrected chi connectivity index (χ3v) is 4.97. The number of amides is 1. The molecule has 1 N–H and O–H groups in total. The summed E-state index contributed by atoms with van der Waals surface area (Å²) in [6.07, 6.45) is 3.00. The average molecular weight is 394 g/mol. The number of fused-ring (bicyclic) bond motifs is 1. The topological polar surface area (TPSA) is 66.1 Å². The number of aromatic amines is 1. The zero-order chi connectivity index (χ0) is 18.0. The molecule has 0 aliphatic heterocycles. The van der Waals surface area contributed by atoms with Crippen LogP contribution in [0.25, 0.3) is 16.3 Å². The van der Waals surface area contributed by atoms with E-state index in [1.807, 2.05) is 5.38 Å². The van der Waals surface area contributed by atoms with Gasteiger partial charge in [-0.3, -0.25) is 9.59 Å². The van der Waals surface area contributed by atoms with Crippen LogP contribution in [0.5, 0.6) is 0 Å². The second kappa shape index (κ2) is 7.39. The standard InChI is InChI=1S/C17H13Cl2N3O2S/c1-22(9-14-20-13-6-7-25-16(13)17(24)21-14)15(23)5-2-10-8-11(18)3-4-12(10)19/h2-8H,9H2,1H3,(H,20,21,24)/b5-2+. The molecular formula is C17H13Cl2N3O2S. The molecule has 0 radical (unpaired) electrons. The molecule has 5 nitrogen and oxygen atoms in total. The maximum atomic E-state index is 12.3. The van der Waals surface area contributed by atoms with E-state index in [9.17, 15) is 9.59 Å². The molecule has 3 aromatic rings. The first kappa shape index (κ1) is 17.7. The molecular weight excluding hydrogens is 381 g/mol. The van der Waals surface area contributed by atoms with Crippen LogP contribution in [0.3, 0.4) is 0 Å². The van der Waals surface area contributed by atoms with Crippen molar-refractivity contribution in [2.75, 3.05) is 7.05 Å². The number of nitrogens with zero attached hydrogens (tertiary/aromatic N) is 2. The number of aromatic nitrogens is 2. The van der Waals surface area contributed by atoms with Gasteiger partial charge < -0.3 is 9.88 Å². The van der Waals surface area contributed by atoms with E-state index in [2.05, 4.69) is 9.97 Å². The Morgan fingerprint density at radius 2 is 2.16 bits per heavy atom. The smallest absolute Gasteiger partial charge is 0.268 e. The quantitative estimate of drug-likeness (QED) is 0.682. The maximum absolute atomic E-state index is 12.3. The minimum atomic E-state index is -0.246. The molecule has 2 aromatic heterocycles. The van der Waals surface area contributed by atoms with E-state index in [1.54, 1.807) is 37.4 Å². The van der Waals surface area contributed by atoms with Crippen molar-refractivity contribution in [1.29, 1.82) is 0 Å². The largest absolute Gasteiger partial charge is 0.335 e. The predicted octanol–water partition coefficient (Wildman–Crippen LogP) is 3.96. The van der Waals surface area contributed by atoms with Crippen molar-refractivity contribution in [3.63, 3.8) is 0 Å². The second-order valence-corrected chi connectivity index (χ2v) is 7.10. The van der Waals surface area contributed by atoms with Crippen molar-refractivity contribution in [3.05, 3.63) is 67.5 Å². The van der Waals surface area contributed by atoms with Crippen molar-refractivity contribution in [1.82, 2.24) is 14.9 Å². The van der Waals surface area contributed by atoms with Crippen molar-refractivity contribution < 1.29 is 4.79 Å². The zero-order valence-corrected chi connectivity index (χ0v) is 15.5. The minimum Gasteiger partial charge on any atom is -0.335 e. The van der Waals surface area contributed by atoms with Crippen molar-refractivity contribution >= 4 is 56.7 Å². The number of rotatable bonds is 4. The number of H-pyrrole nitrogens is 1. The molecule has 3 rings (SSSR count). The van der Waals surface area contributed by atoms with Gasteiger partial charge in [0.15, 0.2) is 0 Å². The summed E-state index contributed by atoms with van der Waals surface area (Å²) in [6, 6.07) is 6.80. The SMILES string of the molecule is CN(Cc1nc2ccsc2c(=O)[nH]1)C(=O)/C=C/c1cc(Cl)ccc1Cl. The summed E-state index contributed by atoms with van der Waals surface area (Å²) < 4.78 is 0.577. The number of likely N-dealkylation sites (N-methyl/N-ethyl adjacent to an activating group) is 1. The Labute approximate surface area is 157 Å². The van der Waals surface area contributed by atoms with Gasteiger partial charge in [0, 0.05) is 23.2 Å². The molecule has 0 fully saturated rings. The van der Waals surface area contributed by atoms with E-state index >= 15 is 0 Å². The van der Waals surface area contributed by atoms with Crippen LogP contribution < -0.4 is 5.56 Å². The lowest BCUT2D eigenvalue weighted by Gasteiger charge is -2.14. The first-order valence-corrected chi connectivity index (χ1v) is 8.92. The summed E-state index contributed by atoms with van der Waals surface area (Å²) in [7, 11) is 1.63. The van der Waals surface area contributed by atoms with Crippen LogP contribution in [0, 0.1) is 0 Å². The number of hydrogen-bond donors (Lipinski definition) is 1. The van der Waals surface area contributed by atoms with Crippen molar-refractivity contribution in [3.8, 4) is 0 Å². The van der Waals surface area contributed by atoms with Crippen LogP contribution >= 0.6 is 34.5 Å². The highest BCUT2D eigenvalue weighted by molar-refractivity contribution is 7.17. The van der Waals surface area contributed by atoms with Gasteiger partial charge in [-0.05, 0) is 41.3 Å². The van der Waals surface area contributed by atoms with Gasteiger partial charge in [0.05, 0.1) is 12.1 Å². The van der Waals surface area contributed by atoms with Crippen LogP contribution in [0.1, 0.15) is 11.4 Å². The van der Waals surface area contributed by atoms with E-state index in [0.29, 0.717) is 31.6 Å². The third-order valence-electron chi connectivity index (χ3n) is 3.49. The van der Waals surface area contributed by atoms with Gasteiger partial charge in [-0.1, -0.05) is 23.2 Å². The molecule has 0 bridgehead atoms. The summed E-state index contributed by atoms with van der Waals surface area (Å²) in [5, 5.41) is 2.85. The van der Waals surface area contributed by atoms with Crippen LogP contribution in [-0.4, -0.2) is 27.8 Å². The number of nitrogens with one attached hydrogen (secondary N) is 1. The summed E-state index contributed by atoms with van der Waals surface area (Å²) in [5.41, 5.74) is 1.09. The Kier molecular flexibility index (Phi) is 5.22. The van der Waals surface area contributed by atoms with Gasteiger partial charge >= 0.3 is 0 Å². The van der Waals surface area contributed by atoms with Gasteiger partial charge in [-0.25, -0.2) is 4.98 Å². The highest BCUT2D eigenvalue weighted by Crippen LogP contribution is 2.21. The Morgan fingerprint density at radius 1 is 1.36 bits per heavy atom. The molecule has 2 heterocycles. The van der Waals surface area contributed by atoms with Crippen LogP contribution in [0.15, 0.2) is 40.5 Å². The molecule has 1 aromatic carbocycles. The first-order valence-electron chi connectivity index (χ1n) is 7.28. The highest BCUT2D eigenvalue weighted by Gasteiger charge is 2.10. The van der Waals surface area contributed by atoms with Gasteiger partial charge in [-0.15, -0.1) is 11.3 Å². The molecule has 1 amide bonds. The zero-order valence-electron chi connectivity index (χ0n) is 13.1. The summed E-state index contributed by atoms with van der Waals surface area (Å²) in [5.74, 6) is 0.185. The van der Waals surface area contributed by atoms with Gasteiger partial charge in [0.1, 0.15) is 10.5 Å². The molecule has 0 aliphatic rings. The molecule has 25 heavy (non-hydrogen) atoms. The molecule has 0 saturated heterocycles. The van der Waals surface area contributed by atoms with Gasteiger partial charge in [-0.2, -0.15) is 0 Å². The van der Waals surface area contributed by atoms with Crippen LogP contribution in [-0.2, 0) is 11.3 Å². The second-order valence-electron chi connectivity index (χ2n) is 5.34. The Bertz CT molecular complexity index is 1030. The Balaban J connectivity index is 1.74. The predicted molar refractivity (Wildman–Crippen MR) is 102 cm³/mol. The fraction of sp³-hybridized carbons (Fsp3) is 0.118. The number of halogens is 2. The average Bonchev–Trinajstić information content (AvgIpc) is 3.04. The van der Waals surface area contributed by atoms with Gasteiger partial charge in [0.25, 0.3) is 5.56 Å². The molecule has 0 saturated carbocycles. The fourth-order valence-electron chi connectivity index (χ4n) is 2.23. The molecule has 0 unspecified atom stereocenters. The molecule has 128 valence electrons. The third kappa shape index (κ3) is 4.10. The lowest BCUT2D eigenvalue weighted by Crippen LogP contribution is -2.26. The van der Waals surface area contributed by atoms with Gasteiger partial charge in [0.2, 0.25) is 5.91 Å². The van der Waals surface area contributed by atoms with E-state index in [1.165, 1.54) is 22.3 Å². The normalized spacial score (nSPS) is 11.3. The highest BCUT2D eigenvalue weighted by atomic mass is 35.5. The monoisotopic (exact) mass is 393 g/mol. The summed E-state index contributed by atoms with van der Waals surface area (Å²) in [6.45, 7) is 0.188. The Hall–Kier alpha value is -2.15. The van der Waals surface area contributed by atoms with E-state index in [0.717, 1.165) is 0 Å². The van der Waals surface area contributed by atoms with Crippen LogP contribution in [0.4, 0.5) is 0 Å². The molecule has 0 atom stereocenters. The maximum Gasteiger partial charge on any atom is 0.268 e.